The van der Waals surface area contributed by atoms with Crippen molar-refractivity contribution in [2.45, 2.75) is 0 Å². The minimum atomic E-state index is 0.190. The zero-order chi connectivity index (χ0) is 22.4. The summed E-state index contributed by atoms with van der Waals surface area (Å²) in [5.41, 5.74) is 6.93. The van der Waals surface area contributed by atoms with Gasteiger partial charge in [0.25, 0.3) is 0 Å². The molecule has 6 rings (SSSR count). The monoisotopic (exact) mass is 434 g/mol. The van der Waals surface area contributed by atoms with Crippen LogP contribution in [0.5, 0.6) is 11.5 Å². The number of imidazole rings is 1. The Morgan fingerprint density at radius 1 is 0.879 bits per heavy atom. The highest BCUT2D eigenvalue weighted by molar-refractivity contribution is 5.95. The van der Waals surface area contributed by atoms with Crippen molar-refractivity contribution in [3.8, 4) is 45.4 Å². The van der Waals surface area contributed by atoms with E-state index in [1.54, 1.807) is 31.5 Å². The van der Waals surface area contributed by atoms with Crippen molar-refractivity contribution in [3.63, 3.8) is 0 Å². The molecule has 0 amide bonds. The van der Waals surface area contributed by atoms with E-state index < -0.39 is 0 Å². The second-order valence-corrected chi connectivity index (χ2v) is 7.59. The van der Waals surface area contributed by atoms with Gasteiger partial charge < -0.3 is 14.8 Å². The van der Waals surface area contributed by atoms with Crippen LogP contribution in [0, 0.1) is 0 Å². The fourth-order valence-corrected chi connectivity index (χ4v) is 3.94. The highest BCUT2D eigenvalue weighted by Gasteiger charge is 2.17. The average molecular weight is 434 g/mol. The molecule has 4 heterocycles. The molecule has 8 nitrogen and oxygen atoms in total. The van der Waals surface area contributed by atoms with E-state index in [2.05, 4.69) is 20.2 Å². The van der Waals surface area contributed by atoms with Crippen LogP contribution in [0.25, 0.3) is 56.1 Å². The molecular formula is C25H18N6O2. The number of pyridine rings is 2. The summed E-state index contributed by atoms with van der Waals surface area (Å²) in [5, 5.41) is 17.3. The second kappa shape index (κ2) is 7.45. The number of hydrogen-bond acceptors (Lipinski definition) is 6. The van der Waals surface area contributed by atoms with Gasteiger partial charge in [-0.1, -0.05) is 24.3 Å². The highest BCUT2D eigenvalue weighted by atomic mass is 16.5. The van der Waals surface area contributed by atoms with Crippen LogP contribution < -0.4 is 4.74 Å². The summed E-state index contributed by atoms with van der Waals surface area (Å²) in [6.45, 7) is 0. The first-order valence-corrected chi connectivity index (χ1v) is 10.3. The van der Waals surface area contributed by atoms with Crippen LogP contribution in [0.15, 0.2) is 72.9 Å². The fraction of sp³-hybridized carbons (Fsp3) is 0.0400. The Balaban J connectivity index is 1.49. The van der Waals surface area contributed by atoms with Gasteiger partial charge in [-0.25, -0.2) is 15.0 Å². The minimum absolute atomic E-state index is 0.190. The smallest absolute Gasteiger partial charge is 0.162 e. The maximum Gasteiger partial charge on any atom is 0.162 e. The molecular weight excluding hydrogens is 416 g/mol. The largest absolute Gasteiger partial charge is 0.508 e. The van der Waals surface area contributed by atoms with E-state index >= 15 is 0 Å². The van der Waals surface area contributed by atoms with Gasteiger partial charge in [0.05, 0.1) is 18.3 Å². The number of aromatic amines is 2. The van der Waals surface area contributed by atoms with E-state index in [0.29, 0.717) is 22.7 Å². The van der Waals surface area contributed by atoms with Crippen molar-refractivity contribution in [2.75, 3.05) is 7.11 Å². The van der Waals surface area contributed by atoms with E-state index in [1.807, 2.05) is 48.5 Å². The molecule has 0 unspecified atom stereocenters. The number of methoxy groups -OCH3 is 1. The SMILES string of the molecule is COc1cccc(-c2ccnc3[nH]c(-c4n[nH]c5ccc(-c6cccc(O)c6)nc45)nc23)c1. The molecule has 0 aliphatic rings. The number of phenolic OH excluding ortho intramolecular Hbond substituents is 1. The number of rotatable bonds is 4. The Hall–Kier alpha value is -4.72. The number of fused-ring (bicyclic) bond motifs is 2. The average Bonchev–Trinajstić information content (AvgIpc) is 3.47. The molecule has 0 atom stereocenters. The van der Waals surface area contributed by atoms with Crippen molar-refractivity contribution in [1.82, 2.24) is 30.1 Å². The van der Waals surface area contributed by atoms with Crippen molar-refractivity contribution in [3.05, 3.63) is 72.9 Å². The Kier molecular flexibility index (Phi) is 4.29. The van der Waals surface area contributed by atoms with Crippen LogP contribution >= 0.6 is 0 Å². The van der Waals surface area contributed by atoms with E-state index in [1.165, 1.54) is 0 Å². The molecule has 0 aliphatic carbocycles. The van der Waals surface area contributed by atoms with E-state index in [-0.39, 0.29) is 5.75 Å². The summed E-state index contributed by atoms with van der Waals surface area (Å²) in [6.07, 6.45) is 1.75. The van der Waals surface area contributed by atoms with Crippen LogP contribution in [-0.2, 0) is 0 Å². The number of H-pyrrole nitrogens is 2. The lowest BCUT2D eigenvalue weighted by Gasteiger charge is -2.05. The van der Waals surface area contributed by atoms with Crippen molar-refractivity contribution < 1.29 is 9.84 Å². The van der Waals surface area contributed by atoms with E-state index in [9.17, 15) is 5.11 Å². The van der Waals surface area contributed by atoms with Crippen LogP contribution in [0.4, 0.5) is 0 Å². The number of aromatic hydroxyl groups is 1. The van der Waals surface area contributed by atoms with Gasteiger partial charge in [-0.15, -0.1) is 0 Å². The van der Waals surface area contributed by atoms with Crippen LogP contribution in [0.2, 0.25) is 0 Å². The zero-order valence-electron chi connectivity index (χ0n) is 17.6. The van der Waals surface area contributed by atoms with Crippen LogP contribution in [0.3, 0.4) is 0 Å². The number of phenols is 1. The summed E-state index contributed by atoms with van der Waals surface area (Å²) in [7, 11) is 1.65. The standard InChI is InChI=1S/C25H18N6O2/c1-33-17-7-3-4-14(13-17)18-10-11-26-24-21(18)28-25(29-24)23-22-20(30-31-23)9-8-19(27-22)15-5-2-6-16(32)12-15/h2-13,32H,1H3,(H,30,31)(H,26,28,29). The van der Waals surface area contributed by atoms with Gasteiger partial charge in [-0.05, 0) is 48.0 Å². The van der Waals surface area contributed by atoms with Crippen molar-refractivity contribution in [1.29, 1.82) is 0 Å². The van der Waals surface area contributed by atoms with Crippen molar-refractivity contribution >= 4 is 22.2 Å². The van der Waals surface area contributed by atoms with Gasteiger partial charge in [0.2, 0.25) is 0 Å². The van der Waals surface area contributed by atoms with Crippen molar-refractivity contribution in [2.24, 2.45) is 0 Å². The van der Waals surface area contributed by atoms with Crippen LogP contribution in [-0.4, -0.2) is 42.3 Å². The molecule has 2 aromatic carbocycles. The maximum atomic E-state index is 9.84. The molecule has 0 fully saturated rings. The first-order chi connectivity index (χ1) is 16.2. The number of nitrogens with zero attached hydrogens (tertiary/aromatic N) is 4. The lowest BCUT2D eigenvalue weighted by molar-refractivity contribution is 0.415. The van der Waals surface area contributed by atoms with E-state index in [0.717, 1.165) is 39.2 Å². The fourth-order valence-electron chi connectivity index (χ4n) is 3.94. The first kappa shape index (κ1) is 19.0. The molecule has 4 aromatic heterocycles. The van der Waals surface area contributed by atoms with Gasteiger partial charge in [-0.2, -0.15) is 5.10 Å². The predicted molar refractivity (Wildman–Crippen MR) is 126 cm³/mol. The molecule has 0 spiro atoms. The topological polar surface area (TPSA) is 113 Å². The number of hydrogen-bond donors (Lipinski definition) is 3. The zero-order valence-corrected chi connectivity index (χ0v) is 17.6. The third-order valence-electron chi connectivity index (χ3n) is 5.54. The molecule has 6 aromatic rings. The maximum absolute atomic E-state index is 9.84. The normalized spacial score (nSPS) is 11.3. The van der Waals surface area contributed by atoms with Gasteiger partial charge in [-0.3, -0.25) is 5.10 Å². The summed E-state index contributed by atoms with van der Waals surface area (Å²) >= 11 is 0. The molecule has 0 aliphatic heterocycles. The van der Waals surface area contributed by atoms with Gasteiger partial charge >= 0.3 is 0 Å². The Bertz CT molecular complexity index is 1640. The molecule has 8 heteroatoms. The van der Waals surface area contributed by atoms with Gasteiger partial charge in [0.1, 0.15) is 22.5 Å². The molecule has 160 valence electrons. The van der Waals surface area contributed by atoms with Gasteiger partial charge in [0.15, 0.2) is 17.2 Å². The molecule has 0 saturated heterocycles. The summed E-state index contributed by atoms with van der Waals surface area (Å²) in [6, 6.07) is 20.6. The molecule has 0 bridgehead atoms. The third-order valence-corrected chi connectivity index (χ3v) is 5.54. The number of benzene rings is 2. The Morgan fingerprint density at radius 2 is 1.76 bits per heavy atom. The minimum Gasteiger partial charge on any atom is -0.508 e. The molecule has 0 radical (unpaired) electrons. The van der Waals surface area contributed by atoms with E-state index in [4.69, 9.17) is 14.7 Å². The lowest BCUT2D eigenvalue weighted by Crippen LogP contribution is -1.87. The summed E-state index contributed by atoms with van der Waals surface area (Å²) in [4.78, 5) is 17.4. The number of ether oxygens (including phenoxy) is 1. The quantitative estimate of drug-likeness (QED) is 0.362. The molecule has 0 saturated carbocycles. The highest BCUT2D eigenvalue weighted by Crippen LogP contribution is 2.32. The van der Waals surface area contributed by atoms with Gasteiger partial charge in [0, 0.05) is 17.3 Å². The van der Waals surface area contributed by atoms with Crippen LogP contribution in [0.1, 0.15) is 0 Å². The lowest BCUT2D eigenvalue weighted by atomic mass is 10.1. The predicted octanol–water partition coefficient (Wildman–Crippen LogP) is 4.94. The summed E-state index contributed by atoms with van der Waals surface area (Å²) in [5.74, 6) is 1.53. The first-order valence-electron chi connectivity index (χ1n) is 10.3. The second-order valence-electron chi connectivity index (χ2n) is 7.59. The number of aromatic nitrogens is 6. The number of nitrogens with one attached hydrogen (secondary N) is 2. The third kappa shape index (κ3) is 3.25. The molecule has 3 N–H and O–H groups in total. The Morgan fingerprint density at radius 3 is 2.64 bits per heavy atom. The summed E-state index contributed by atoms with van der Waals surface area (Å²) < 4.78 is 5.37. The molecule has 33 heavy (non-hydrogen) atoms. The Labute approximate surface area is 188 Å².